The van der Waals surface area contributed by atoms with Gasteiger partial charge >= 0.3 is 0 Å². The van der Waals surface area contributed by atoms with Crippen molar-refractivity contribution in [1.82, 2.24) is 5.32 Å². The van der Waals surface area contributed by atoms with Gasteiger partial charge < -0.3 is 10.1 Å². The Hall–Kier alpha value is -0.0800. The van der Waals surface area contributed by atoms with Crippen LogP contribution in [0.5, 0.6) is 0 Å². The van der Waals surface area contributed by atoms with E-state index in [1.165, 1.54) is 19.3 Å². The van der Waals surface area contributed by atoms with Crippen LogP contribution in [0.4, 0.5) is 0 Å². The van der Waals surface area contributed by atoms with Crippen LogP contribution in [0.15, 0.2) is 0 Å². The molecule has 1 fully saturated rings. The van der Waals surface area contributed by atoms with Gasteiger partial charge in [0, 0.05) is 6.04 Å². The second kappa shape index (κ2) is 6.19. The minimum atomic E-state index is 0.266. The maximum absolute atomic E-state index is 6.12. The summed E-state index contributed by atoms with van der Waals surface area (Å²) in [4.78, 5) is 0. The van der Waals surface area contributed by atoms with Crippen LogP contribution in [0.1, 0.15) is 53.9 Å². The topological polar surface area (TPSA) is 21.3 Å². The summed E-state index contributed by atoms with van der Waals surface area (Å²) in [5, 5.41) is 3.38. The van der Waals surface area contributed by atoms with E-state index in [0.29, 0.717) is 12.1 Å². The first-order valence-corrected chi connectivity index (χ1v) is 7.13. The van der Waals surface area contributed by atoms with Crippen molar-refractivity contribution >= 4 is 0 Å². The Morgan fingerprint density at radius 1 is 1.18 bits per heavy atom. The average Bonchev–Trinajstić information content (AvgIpc) is 2.22. The van der Waals surface area contributed by atoms with Crippen LogP contribution in [0.2, 0.25) is 0 Å². The lowest BCUT2D eigenvalue weighted by atomic mass is 9.80. The number of ether oxygens (including phenoxy) is 1. The van der Waals surface area contributed by atoms with E-state index in [-0.39, 0.29) is 5.41 Å². The molecule has 2 heteroatoms. The van der Waals surface area contributed by atoms with Crippen LogP contribution in [-0.2, 0) is 4.74 Å². The van der Waals surface area contributed by atoms with E-state index in [1.54, 1.807) is 0 Å². The van der Waals surface area contributed by atoms with E-state index < -0.39 is 0 Å². The summed E-state index contributed by atoms with van der Waals surface area (Å²) >= 11 is 0. The molecule has 0 radical (unpaired) electrons. The van der Waals surface area contributed by atoms with Crippen molar-refractivity contribution in [2.45, 2.75) is 66.0 Å². The quantitative estimate of drug-likeness (QED) is 0.814. The normalized spacial score (nSPS) is 32.5. The number of nitrogens with one attached hydrogen (secondary N) is 1. The van der Waals surface area contributed by atoms with Gasteiger partial charge in [-0.3, -0.25) is 0 Å². The van der Waals surface area contributed by atoms with Gasteiger partial charge in [-0.1, -0.05) is 34.6 Å². The van der Waals surface area contributed by atoms with Crippen molar-refractivity contribution < 1.29 is 4.74 Å². The molecule has 0 aliphatic heterocycles. The maximum Gasteiger partial charge on any atom is 0.0628 e. The Labute approximate surface area is 108 Å². The fourth-order valence-corrected chi connectivity index (χ4v) is 2.65. The molecule has 1 saturated carbocycles. The van der Waals surface area contributed by atoms with Gasteiger partial charge in [-0.15, -0.1) is 0 Å². The van der Waals surface area contributed by atoms with Gasteiger partial charge in [0.05, 0.1) is 12.7 Å². The van der Waals surface area contributed by atoms with Crippen LogP contribution in [0, 0.1) is 17.3 Å². The Kier molecular flexibility index (Phi) is 5.46. The lowest BCUT2D eigenvalue weighted by Gasteiger charge is -2.35. The van der Waals surface area contributed by atoms with Crippen molar-refractivity contribution in [2.24, 2.45) is 17.3 Å². The third-order valence-electron chi connectivity index (χ3n) is 4.44. The molecule has 1 aliphatic carbocycles. The first-order valence-electron chi connectivity index (χ1n) is 7.13. The van der Waals surface area contributed by atoms with E-state index in [0.717, 1.165) is 18.4 Å². The zero-order valence-corrected chi connectivity index (χ0v) is 12.5. The first-order chi connectivity index (χ1) is 7.84. The Morgan fingerprint density at radius 2 is 1.82 bits per heavy atom. The van der Waals surface area contributed by atoms with Crippen molar-refractivity contribution in [3.8, 4) is 0 Å². The summed E-state index contributed by atoms with van der Waals surface area (Å²) in [6.45, 7) is 12.4. The van der Waals surface area contributed by atoms with Crippen LogP contribution in [0.3, 0.4) is 0 Å². The summed E-state index contributed by atoms with van der Waals surface area (Å²) < 4.78 is 6.12. The molecule has 2 nitrogen and oxygen atoms in total. The van der Waals surface area contributed by atoms with Crippen molar-refractivity contribution in [3.05, 3.63) is 0 Å². The SMILES string of the molecule is CNC(COC1CCC(C)C(C)C1)C(C)(C)C. The number of hydrogen-bond donors (Lipinski definition) is 1. The van der Waals surface area contributed by atoms with Gasteiger partial charge in [0.1, 0.15) is 0 Å². The molecule has 0 heterocycles. The minimum Gasteiger partial charge on any atom is -0.377 e. The zero-order valence-electron chi connectivity index (χ0n) is 12.5. The summed E-state index contributed by atoms with van der Waals surface area (Å²) in [5.41, 5.74) is 0.266. The second-order valence-corrected chi connectivity index (χ2v) is 6.93. The first kappa shape index (κ1) is 15.0. The second-order valence-electron chi connectivity index (χ2n) is 6.93. The van der Waals surface area contributed by atoms with Gasteiger partial charge in [-0.05, 0) is 43.6 Å². The van der Waals surface area contributed by atoms with E-state index in [1.807, 2.05) is 7.05 Å². The summed E-state index contributed by atoms with van der Waals surface area (Å²) in [5.74, 6) is 1.69. The largest absolute Gasteiger partial charge is 0.377 e. The number of rotatable bonds is 4. The molecule has 0 spiro atoms. The Balaban J connectivity index is 2.35. The summed E-state index contributed by atoms with van der Waals surface area (Å²) in [6, 6.07) is 0.442. The van der Waals surface area contributed by atoms with E-state index in [9.17, 15) is 0 Å². The molecule has 102 valence electrons. The minimum absolute atomic E-state index is 0.266. The zero-order chi connectivity index (χ0) is 13.1. The fourth-order valence-electron chi connectivity index (χ4n) is 2.65. The third-order valence-corrected chi connectivity index (χ3v) is 4.44. The molecule has 0 bridgehead atoms. The lowest BCUT2D eigenvalue weighted by Crippen LogP contribution is -2.43. The van der Waals surface area contributed by atoms with Crippen molar-refractivity contribution in [3.63, 3.8) is 0 Å². The van der Waals surface area contributed by atoms with Crippen LogP contribution in [-0.4, -0.2) is 25.8 Å². The average molecular weight is 241 g/mol. The van der Waals surface area contributed by atoms with E-state index >= 15 is 0 Å². The highest BCUT2D eigenvalue weighted by Gasteiger charge is 2.28. The smallest absolute Gasteiger partial charge is 0.0628 e. The van der Waals surface area contributed by atoms with Gasteiger partial charge in [0.2, 0.25) is 0 Å². The van der Waals surface area contributed by atoms with E-state index in [2.05, 4.69) is 39.9 Å². The van der Waals surface area contributed by atoms with Crippen LogP contribution < -0.4 is 5.32 Å². The summed E-state index contributed by atoms with van der Waals surface area (Å²) in [6.07, 6.45) is 4.29. The van der Waals surface area contributed by atoms with Crippen LogP contribution >= 0.6 is 0 Å². The highest BCUT2D eigenvalue weighted by atomic mass is 16.5. The van der Waals surface area contributed by atoms with Crippen molar-refractivity contribution in [1.29, 1.82) is 0 Å². The van der Waals surface area contributed by atoms with Gasteiger partial charge in [-0.2, -0.15) is 0 Å². The van der Waals surface area contributed by atoms with Crippen LogP contribution in [0.25, 0.3) is 0 Å². The van der Waals surface area contributed by atoms with Crippen molar-refractivity contribution in [2.75, 3.05) is 13.7 Å². The van der Waals surface area contributed by atoms with Gasteiger partial charge in [0.25, 0.3) is 0 Å². The highest BCUT2D eigenvalue weighted by Crippen LogP contribution is 2.31. The molecule has 1 aliphatic rings. The molecular weight excluding hydrogens is 210 g/mol. The summed E-state index contributed by atoms with van der Waals surface area (Å²) in [7, 11) is 2.03. The molecule has 17 heavy (non-hydrogen) atoms. The fraction of sp³-hybridized carbons (Fsp3) is 1.00. The van der Waals surface area contributed by atoms with E-state index in [4.69, 9.17) is 4.74 Å². The lowest BCUT2D eigenvalue weighted by molar-refractivity contribution is -0.0195. The number of hydrogen-bond acceptors (Lipinski definition) is 2. The highest BCUT2D eigenvalue weighted by molar-refractivity contribution is 4.81. The molecule has 0 aromatic rings. The number of likely N-dealkylation sites (N-methyl/N-ethyl adjacent to an activating group) is 1. The Morgan fingerprint density at radius 3 is 2.29 bits per heavy atom. The molecule has 1 rings (SSSR count). The third kappa shape index (κ3) is 4.59. The molecule has 0 saturated heterocycles. The molecule has 0 aromatic carbocycles. The maximum atomic E-state index is 6.12. The molecule has 0 amide bonds. The van der Waals surface area contributed by atoms with Gasteiger partial charge in [0.15, 0.2) is 0 Å². The molecule has 4 unspecified atom stereocenters. The molecular formula is C15H31NO. The molecule has 0 aromatic heterocycles. The predicted molar refractivity (Wildman–Crippen MR) is 74.2 cm³/mol. The van der Waals surface area contributed by atoms with Gasteiger partial charge in [-0.25, -0.2) is 0 Å². The predicted octanol–water partition coefficient (Wildman–Crippen LogP) is 3.46. The standard InChI is InChI=1S/C15H31NO/c1-11-7-8-13(9-12(11)2)17-10-14(16-6)15(3,4)5/h11-14,16H,7-10H2,1-6H3. The monoisotopic (exact) mass is 241 g/mol. The Bertz CT molecular complexity index is 221. The molecule has 1 N–H and O–H groups in total. The molecule has 4 atom stereocenters.